The van der Waals surface area contributed by atoms with E-state index in [9.17, 15) is 10.2 Å². The third kappa shape index (κ3) is 10.9. The number of ether oxygens (including phenoxy) is 2. The Morgan fingerprint density at radius 2 is 2.00 bits per heavy atom. The Morgan fingerprint density at radius 1 is 1.33 bits per heavy atom. The summed E-state index contributed by atoms with van der Waals surface area (Å²) in [5.41, 5.74) is -0.805. The van der Waals surface area contributed by atoms with Crippen LogP contribution >= 0.6 is 0 Å². The highest BCUT2D eigenvalue weighted by atomic mass is 16.5. The summed E-state index contributed by atoms with van der Waals surface area (Å²) in [4.78, 5) is 1.92. The highest BCUT2D eigenvalue weighted by Gasteiger charge is 2.20. The normalized spacial score (nSPS) is 16.8. The second kappa shape index (κ2) is 9.66. The van der Waals surface area contributed by atoms with Crippen molar-refractivity contribution in [2.24, 2.45) is 0 Å². The molecule has 0 heterocycles. The smallest absolute Gasteiger partial charge is 0.0897 e. The van der Waals surface area contributed by atoms with Crippen molar-refractivity contribution in [3.63, 3.8) is 0 Å². The molecular formula is C12H28N2O4. The number of aliphatic hydroxyl groups excluding tert-OH is 1. The van der Waals surface area contributed by atoms with Crippen molar-refractivity contribution < 1.29 is 19.7 Å². The Morgan fingerprint density at radius 3 is 2.56 bits per heavy atom. The summed E-state index contributed by atoms with van der Waals surface area (Å²) in [6.45, 7) is 4.44. The van der Waals surface area contributed by atoms with Crippen molar-refractivity contribution in [2.45, 2.75) is 18.6 Å². The topological polar surface area (TPSA) is 74.2 Å². The molecule has 0 aliphatic heterocycles. The molecule has 0 aromatic rings. The van der Waals surface area contributed by atoms with Gasteiger partial charge in [-0.2, -0.15) is 0 Å². The average Bonchev–Trinajstić information content (AvgIpc) is 2.22. The molecule has 0 spiro atoms. The van der Waals surface area contributed by atoms with Gasteiger partial charge in [-0.05, 0) is 21.0 Å². The van der Waals surface area contributed by atoms with Gasteiger partial charge in [0.05, 0.1) is 31.5 Å². The first-order valence-electron chi connectivity index (χ1n) is 6.20. The summed E-state index contributed by atoms with van der Waals surface area (Å²) in [6.07, 6.45) is -0.572. The van der Waals surface area contributed by atoms with E-state index in [1.807, 2.05) is 19.0 Å². The van der Waals surface area contributed by atoms with E-state index in [0.29, 0.717) is 32.8 Å². The standard InChI is InChI=1S/C12H28N2O4/c1-12(16,10-14(2)3)9-13-7-11(15)8-18-6-5-17-4/h11,13,15-16H,5-10H2,1-4H3. The molecule has 0 fully saturated rings. The van der Waals surface area contributed by atoms with Gasteiger partial charge < -0.3 is 29.9 Å². The summed E-state index contributed by atoms with van der Waals surface area (Å²) in [5.74, 6) is 0. The van der Waals surface area contributed by atoms with Crippen molar-refractivity contribution in [1.29, 1.82) is 0 Å². The number of aliphatic hydroxyl groups is 2. The summed E-state index contributed by atoms with van der Waals surface area (Å²) in [6, 6.07) is 0. The molecule has 0 amide bonds. The van der Waals surface area contributed by atoms with Crippen LogP contribution in [0.3, 0.4) is 0 Å². The van der Waals surface area contributed by atoms with Crippen LogP contribution in [0.4, 0.5) is 0 Å². The molecule has 0 rings (SSSR count). The lowest BCUT2D eigenvalue weighted by Crippen LogP contribution is -2.47. The summed E-state index contributed by atoms with van der Waals surface area (Å²) in [7, 11) is 5.42. The Kier molecular flexibility index (Phi) is 9.53. The molecule has 0 aromatic carbocycles. The molecule has 2 unspecified atom stereocenters. The fourth-order valence-electron chi connectivity index (χ4n) is 1.67. The van der Waals surface area contributed by atoms with Crippen molar-refractivity contribution in [3.8, 4) is 0 Å². The first-order valence-corrected chi connectivity index (χ1v) is 6.20. The minimum atomic E-state index is -0.805. The molecule has 0 saturated heterocycles. The fraction of sp³-hybridized carbons (Fsp3) is 1.00. The molecule has 0 radical (unpaired) electrons. The predicted octanol–water partition coefficient (Wildman–Crippen LogP) is -1.09. The van der Waals surface area contributed by atoms with Gasteiger partial charge in [0.1, 0.15) is 0 Å². The zero-order valence-electron chi connectivity index (χ0n) is 12.0. The van der Waals surface area contributed by atoms with E-state index >= 15 is 0 Å². The SMILES string of the molecule is COCCOCC(O)CNCC(C)(O)CN(C)C. The van der Waals surface area contributed by atoms with Gasteiger partial charge in [0.15, 0.2) is 0 Å². The summed E-state index contributed by atoms with van der Waals surface area (Å²) in [5, 5.41) is 22.7. The van der Waals surface area contributed by atoms with Gasteiger partial charge in [-0.1, -0.05) is 0 Å². The largest absolute Gasteiger partial charge is 0.389 e. The van der Waals surface area contributed by atoms with Crippen LogP contribution in [0.1, 0.15) is 6.92 Å². The Balaban J connectivity index is 3.57. The van der Waals surface area contributed by atoms with E-state index in [0.717, 1.165) is 0 Å². The molecule has 6 heteroatoms. The van der Waals surface area contributed by atoms with E-state index in [4.69, 9.17) is 9.47 Å². The minimum Gasteiger partial charge on any atom is -0.389 e. The monoisotopic (exact) mass is 264 g/mol. The van der Waals surface area contributed by atoms with E-state index < -0.39 is 11.7 Å². The highest BCUT2D eigenvalue weighted by Crippen LogP contribution is 2.02. The third-order valence-corrected chi connectivity index (χ3v) is 2.28. The molecular weight excluding hydrogens is 236 g/mol. The van der Waals surface area contributed by atoms with Crippen LogP contribution in [0.2, 0.25) is 0 Å². The Hall–Kier alpha value is -0.240. The highest BCUT2D eigenvalue weighted by molar-refractivity contribution is 4.78. The lowest BCUT2D eigenvalue weighted by atomic mass is 10.1. The number of nitrogens with one attached hydrogen (secondary N) is 1. The summed E-state index contributed by atoms with van der Waals surface area (Å²) >= 11 is 0. The average molecular weight is 264 g/mol. The van der Waals surface area contributed by atoms with Crippen LogP contribution in [0, 0.1) is 0 Å². The van der Waals surface area contributed by atoms with E-state index in [2.05, 4.69) is 5.32 Å². The van der Waals surface area contributed by atoms with E-state index in [1.54, 1.807) is 14.0 Å². The molecule has 0 aromatic heterocycles. The van der Waals surface area contributed by atoms with Crippen LogP contribution in [0.15, 0.2) is 0 Å². The van der Waals surface area contributed by atoms with Crippen LogP contribution in [0.25, 0.3) is 0 Å². The molecule has 0 aliphatic rings. The quantitative estimate of drug-likeness (QED) is 0.412. The van der Waals surface area contributed by atoms with E-state index in [1.165, 1.54) is 0 Å². The number of nitrogens with zero attached hydrogens (tertiary/aromatic N) is 1. The van der Waals surface area contributed by atoms with Gasteiger partial charge in [-0.25, -0.2) is 0 Å². The maximum absolute atomic E-state index is 10.0. The second-order valence-corrected chi connectivity index (χ2v) is 5.09. The van der Waals surface area contributed by atoms with Gasteiger partial charge >= 0.3 is 0 Å². The van der Waals surface area contributed by atoms with Gasteiger partial charge in [-0.3, -0.25) is 0 Å². The fourth-order valence-corrected chi connectivity index (χ4v) is 1.67. The van der Waals surface area contributed by atoms with Crippen LogP contribution in [0.5, 0.6) is 0 Å². The lowest BCUT2D eigenvalue weighted by molar-refractivity contribution is 0.00585. The first-order chi connectivity index (χ1) is 8.37. The molecule has 0 bridgehead atoms. The molecule has 6 nitrogen and oxygen atoms in total. The lowest BCUT2D eigenvalue weighted by Gasteiger charge is -2.27. The number of rotatable bonds is 11. The maximum Gasteiger partial charge on any atom is 0.0897 e. The van der Waals surface area contributed by atoms with Crippen molar-refractivity contribution in [3.05, 3.63) is 0 Å². The number of hydrogen-bond acceptors (Lipinski definition) is 6. The van der Waals surface area contributed by atoms with Crippen molar-refractivity contribution in [1.82, 2.24) is 10.2 Å². The first kappa shape index (κ1) is 17.8. The molecule has 0 saturated carbocycles. The number of hydrogen-bond donors (Lipinski definition) is 3. The zero-order chi connectivity index (χ0) is 14.0. The molecule has 18 heavy (non-hydrogen) atoms. The molecule has 3 N–H and O–H groups in total. The van der Waals surface area contributed by atoms with Crippen LogP contribution in [-0.2, 0) is 9.47 Å². The van der Waals surface area contributed by atoms with Gasteiger partial charge in [-0.15, -0.1) is 0 Å². The second-order valence-electron chi connectivity index (χ2n) is 5.09. The zero-order valence-corrected chi connectivity index (χ0v) is 12.0. The molecule has 0 aliphatic carbocycles. The van der Waals surface area contributed by atoms with Gasteiger partial charge in [0, 0.05) is 26.7 Å². The van der Waals surface area contributed by atoms with Gasteiger partial charge in [0.25, 0.3) is 0 Å². The van der Waals surface area contributed by atoms with Crippen molar-refractivity contribution in [2.75, 3.05) is 60.7 Å². The van der Waals surface area contributed by atoms with Crippen LogP contribution in [-0.4, -0.2) is 87.5 Å². The van der Waals surface area contributed by atoms with Gasteiger partial charge in [0.2, 0.25) is 0 Å². The number of likely N-dealkylation sites (N-methyl/N-ethyl adjacent to an activating group) is 1. The van der Waals surface area contributed by atoms with E-state index in [-0.39, 0.29) is 6.61 Å². The maximum atomic E-state index is 10.0. The van der Waals surface area contributed by atoms with Crippen LogP contribution < -0.4 is 5.32 Å². The third-order valence-electron chi connectivity index (χ3n) is 2.28. The summed E-state index contributed by atoms with van der Waals surface area (Å²) < 4.78 is 10.0. The number of methoxy groups -OCH3 is 1. The molecule has 110 valence electrons. The van der Waals surface area contributed by atoms with Crippen molar-refractivity contribution >= 4 is 0 Å². The predicted molar refractivity (Wildman–Crippen MR) is 70.7 cm³/mol. The Bertz CT molecular complexity index is 201. The minimum absolute atomic E-state index is 0.270. The Labute approximate surface area is 110 Å². The molecule has 2 atom stereocenters.